The fourth-order valence-corrected chi connectivity index (χ4v) is 2.45. The number of carbonyl (C=O) groups excluding carboxylic acids is 1. The topological polar surface area (TPSA) is 73.6 Å². The van der Waals surface area contributed by atoms with E-state index in [-0.39, 0.29) is 18.6 Å². The Labute approximate surface area is 131 Å². The number of hydrogen-bond acceptors (Lipinski definition) is 4. The molecule has 3 N–H and O–H groups in total. The minimum absolute atomic E-state index is 0.0139. The number of ether oxygens (including phenoxy) is 2. The molecule has 1 unspecified atom stereocenters. The van der Waals surface area contributed by atoms with E-state index >= 15 is 0 Å². The minimum atomic E-state index is -0.111. The standard InChI is InChI=1S/C17H24N2O3/c1-3-4-7-14(10-18)19-17(20)13-9-12-6-5-8-15(21-2)16(12)22-11-13/h5-6,8-9,14H,3-4,7,10-11,18H2,1-2H3,(H,19,20). The van der Waals surface area contributed by atoms with Crippen LogP contribution in [0.3, 0.4) is 0 Å². The SMILES string of the molecule is CCCCC(CN)NC(=O)C1=Cc2cccc(OC)c2OC1. The molecule has 1 aliphatic heterocycles. The van der Waals surface area contributed by atoms with Gasteiger partial charge >= 0.3 is 0 Å². The predicted molar refractivity (Wildman–Crippen MR) is 87.0 cm³/mol. The number of nitrogens with two attached hydrogens (primary N) is 1. The molecule has 5 heteroatoms. The molecule has 120 valence electrons. The molecule has 0 aromatic heterocycles. The molecular weight excluding hydrogens is 280 g/mol. The van der Waals surface area contributed by atoms with Crippen LogP contribution in [-0.4, -0.2) is 32.2 Å². The molecule has 5 nitrogen and oxygen atoms in total. The van der Waals surface area contributed by atoms with Crippen molar-refractivity contribution in [3.63, 3.8) is 0 Å². The Balaban J connectivity index is 2.09. The van der Waals surface area contributed by atoms with Gasteiger partial charge in [0.1, 0.15) is 6.61 Å². The van der Waals surface area contributed by atoms with Gasteiger partial charge in [0.2, 0.25) is 0 Å². The Morgan fingerprint density at radius 2 is 2.32 bits per heavy atom. The zero-order valence-corrected chi connectivity index (χ0v) is 13.2. The smallest absolute Gasteiger partial charge is 0.250 e. The van der Waals surface area contributed by atoms with Crippen LogP contribution >= 0.6 is 0 Å². The zero-order valence-electron chi connectivity index (χ0n) is 13.2. The Bertz CT molecular complexity index is 555. The van der Waals surface area contributed by atoms with Crippen LogP contribution < -0.4 is 20.5 Å². The van der Waals surface area contributed by atoms with Crippen LogP contribution in [0.4, 0.5) is 0 Å². The van der Waals surface area contributed by atoms with Crippen molar-refractivity contribution in [3.8, 4) is 11.5 Å². The molecule has 0 saturated carbocycles. The number of unbranched alkanes of at least 4 members (excludes halogenated alkanes) is 1. The fraction of sp³-hybridized carbons (Fsp3) is 0.471. The van der Waals surface area contributed by atoms with E-state index in [1.54, 1.807) is 7.11 Å². The Morgan fingerprint density at radius 1 is 1.50 bits per heavy atom. The summed E-state index contributed by atoms with van der Waals surface area (Å²) in [4.78, 5) is 12.3. The van der Waals surface area contributed by atoms with Gasteiger partial charge in [-0.2, -0.15) is 0 Å². The van der Waals surface area contributed by atoms with Gasteiger partial charge in [-0.15, -0.1) is 0 Å². The first kappa shape index (κ1) is 16.4. The molecule has 1 atom stereocenters. The molecule has 1 amide bonds. The molecule has 2 rings (SSSR count). The number of nitrogens with one attached hydrogen (secondary N) is 1. The van der Waals surface area contributed by atoms with Crippen LogP contribution in [0, 0.1) is 0 Å². The van der Waals surface area contributed by atoms with E-state index in [0.717, 1.165) is 24.8 Å². The minimum Gasteiger partial charge on any atom is -0.493 e. The fourth-order valence-electron chi connectivity index (χ4n) is 2.45. The molecule has 1 heterocycles. The van der Waals surface area contributed by atoms with Crippen LogP contribution in [0.2, 0.25) is 0 Å². The number of para-hydroxylation sites is 1. The van der Waals surface area contributed by atoms with E-state index in [0.29, 0.717) is 23.6 Å². The maximum absolute atomic E-state index is 12.3. The first-order chi connectivity index (χ1) is 10.7. The van der Waals surface area contributed by atoms with Crippen molar-refractivity contribution in [2.24, 2.45) is 5.73 Å². The molecule has 1 aromatic carbocycles. The van der Waals surface area contributed by atoms with Gasteiger partial charge in [0.25, 0.3) is 5.91 Å². The highest BCUT2D eigenvalue weighted by molar-refractivity contribution is 5.99. The van der Waals surface area contributed by atoms with Gasteiger partial charge in [0, 0.05) is 18.2 Å². The average molecular weight is 304 g/mol. The quantitative estimate of drug-likeness (QED) is 0.809. The van der Waals surface area contributed by atoms with E-state index < -0.39 is 0 Å². The molecule has 1 aromatic rings. The lowest BCUT2D eigenvalue weighted by Gasteiger charge is -2.22. The Hall–Kier alpha value is -2.01. The van der Waals surface area contributed by atoms with Gasteiger partial charge in [0.15, 0.2) is 11.5 Å². The first-order valence-electron chi connectivity index (χ1n) is 7.70. The maximum atomic E-state index is 12.3. The highest BCUT2D eigenvalue weighted by Crippen LogP contribution is 2.35. The predicted octanol–water partition coefficient (Wildman–Crippen LogP) is 2.10. The summed E-state index contributed by atoms with van der Waals surface area (Å²) in [6, 6.07) is 5.64. The lowest BCUT2D eigenvalue weighted by Crippen LogP contribution is -2.41. The first-order valence-corrected chi connectivity index (χ1v) is 7.70. The van der Waals surface area contributed by atoms with Crippen molar-refractivity contribution < 1.29 is 14.3 Å². The molecule has 0 bridgehead atoms. The van der Waals surface area contributed by atoms with Crippen molar-refractivity contribution in [3.05, 3.63) is 29.3 Å². The van der Waals surface area contributed by atoms with E-state index in [9.17, 15) is 4.79 Å². The zero-order chi connectivity index (χ0) is 15.9. The second-order valence-corrected chi connectivity index (χ2v) is 5.39. The van der Waals surface area contributed by atoms with Crippen molar-refractivity contribution in [1.82, 2.24) is 5.32 Å². The van der Waals surface area contributed by atoms with Gasteiger partial charge in [-0.1, -0.05) is 31.9 Å². The van der Waals surface area contributed by atoms with E-state index in [1.165, 1.54) is 0 Å². The summed E-state index contributed by atoms with van der Waals surface area (Å²) in [5.74, 6) is 1.25. The number of amides is 1. The number of rotatable bonds is 7. The second kappa shape index (κ2) is 7.84. The van der Waals surface area contributed by atoms with Gasteiger partial charge in [-0.25, -0.2) is 0 Å². The molecule has 0 radical (unpaired) electrons. The summed E-state index contributed by atoms with van der Waals surface area (Å²) in [6.45, 7) is 2.81. The van der Waals surface area contributed by atoms with Gasteiger partial charge in [-0.3, -0.25) is 4.79 Å². The lowest BCUT2D eigenvalue weighted by atomic mass is 10.1. The normalized spacial score (nSPS) is 14.4. The molecule has 0 aliphatic carbocycles. The molecule has 22 heavy (non-hydrogen) atoms. The van der Waals surface area contributed by atoms with Gasteiger partial charge < -0.3 is 20.5 Å². The summed E-state index contributed by atoms with van der Waals surface area (Å²) in [6.07, 6.45) is 4.89. The molecule has 0 saturated heterocycles. The highest BCUT2D eigenvalue weighted by atomic mass is 16.5. The summed E-state index contributed by atoms with van der Waals surface area (Å²) < 4.78 is 11.0. The van der Waals surface area contributed by atoms with E-state index in [1.807, 2.05) is 24.3 Å². The average Bonchev–Trinajstić information content (AvgIpc) is 2.57. The summed E-state index contributed by atoms with van der Waals surface area (Å²) >= 11 is 0. The second-order valence-electron chi connectivity index (χ2n) is 5.39. The van der Waals surface area contributed by atoms with Crippen LogP contribution in [0.1, 0.15) is 31.7 Å². The Kier molecular flexibility index (Phi) is 5.83. The Morgan fingerprint density at radius 3 is 3.00 bits per heavy atom. The van der Waals surface area contributed by atoms with E-state index in [2.05, 4.69) is 12.2 Å². The third-order valence-electron chi connectivity index (χ3n) is 3.75. The number of fused-ring (bicyclic) bond motifs is 1. The molecule has 1 aliphatic rings. The van der Waals surface area contributed by atoms with Crippen molar-refractivity contribution in [2.75, 3.05) is 20.3 Å². The van der Waals surface area contributed by atoms with Crippen molar-refractivity contribution >= 4 is 12.0 Å². The third kappa shape index (κ3) is 3.80. The van der Waals surface area contributed by atoms with Gasteiger partial charge in [0.05, 0.1) is 12.7 Å². The number of benzene rings is 1. The monoisotopic (exact) mass is 304 g/mol. The highest BCUT2D eigenvalue weighted by Gasteiger charge is 2.21. The molecule has 0 fully saturated rings. The van der Waals surface area contributed by atoms with Crippen LogP contribution in [0.25, 0.3) is 6.08 Å². The van der Waals surface area contributed by atoms with Gasteiger partial charge in [-0.05, 0) is 18.6 Å². The van der Waals surface area contributed by atoms with Crippen molar-refractivity contribution in [2.45, 2.75) is 32.2 Å². The van der Waals surface area contributed by atoms with Crippen LogP contribution in [0.5, 0.6) is 11.5 Å². The third-order valence-corrected chi connectivity index (χ3v) is 3.75. The van der Waals surface area contributed by atoms with Crippen molar-refractivity contribution in [1.29, 1.82) is 0 Å². The van der Waals surface area contributed by atoms with Crippen LogP contribution in [-0.2, 0) is 4.79 Å². The summed E-state index contributed by atoms with van der Waals surface area (Å²) in [5, 5.41) is 2.99. The maximum Gasteiger partial charge on any atom is 0.250 e. The number of carbonyl (C=O) groups is 1. The van der Waals surface area contributed by atoms with Crippen LogP contribution in [0.15, 0.2) is 23.8 Å². The van der Waals surface area contributed by atoms with E-state index in [4.69, 9.17) is 15.2 Å². The summed E-state index contributed by atoms with van der Waals surface area (Å²) in [5.41, 5.74) is 7.19. The summed E-state index contributed by atoms with van der Waals surface area (Å²) in [7, 11) is 1.60. The lowest BCUT2D eigenvalue weighted by molar-refractivity contribution is -0.118. The number of methoxy groups -OCH3 is 1. The molecule has 0 spiro atoms. The molecular formula is C17H24N2O3. The largest absolute Gasteiger partial charge is 0.493 e. The number of hydrogen-bond donors (Lipinski definition) is 2.